The minimum absolute atomic E-state index is 0.0610. The summed E-state index contributed by atoms with van der Waals surface area (Å²) in [5.41, 5.74) is -0.974. The Morgan fingerprint density at radius 2 is 1.98 bits per heavy atom. The maximum Gasteiger partial charge on any atom is 0.397 e. The Kier molecular flexibility index (Phi) is 7.30. The van der Waals surface area contributed by atoms with E-state index in [0.29, 0.717) is 23.1 Å². The highest BCUT2D eigenvalue weighted by Crippen LogP contribution is 2.40. The van der Waals surface area contributed by atoms with Gasteiger partial charge in [-0.05, 0) is 83.9 Å². The molecule has 2 aliphatic heterocycles. The van der Waals surface area contributed by atoms with Gasteiger partial charge in [0.25, 0.3) is 5.91 Å². The Morgan fingerprint density at radius 3 is 2.73 bits per heavy atom. The molecule has 0 aliphatic carbocycles. The summed E-state index contributed by atoms with van der Waals surface area (Å²) >= 11 is 1.23. The van der Waals surface area contributed by atoms with Gasteiger partial charge in [0, 0.05) is 37.1 Å². The van der Waals surface area contributed by atoms with Crippen molar-refractivity contribution < 1.29 is 22.7 Å². The van der Waals surface area contributed by atoms with Crippen LogP contribution in [0.1, 0.15) is 63.0 Å². The van der Waals surface area contributed by atoms with Crippen molar-refractivity contribution in [2.45, 2.75) is 77.0 Å². The van der Waals surface area contributed by atoms with Crippen molar-refractivity contribution in [1.82, 2.24) is 29.3 Å². The van der Waals surface area contributed by atoms with E-state index in [-0.39, 0.29) is 17.3 Å². The zero-order valence-corrected chi connectivity index (χ0v) is 24.1. The fraction of sp³-hybridized carbons (Fsp3) is 0.556. The van der Waals surface area contributed by atoms with E-state index in [0.717, 1.165) is 56.8 Å². The van der Waals surface area contributed by atoms with Crippen LogP contribution in [0.25, 0.3) is 5.82 Å². The van der Waals surface area contributed by atoms with Gasteiger partial charge in [0.1, 0.15) is 12.4 Å². The summed E-state index contributed by atoms with van der Waals surface area (Å²) in [6.45, 7) is 9.40. The summed E-state index contributed by atoms with van der Waals surface area (Å²) in [5.74, 6) is 1.18. The van der Waals surface area contributed by atoms with E-state index >= 15 is 0 Å². The molecule has 3 aromatic rings. The minimum Gasteiger partial charge on any atom is -0.476 e. The van der Waals surface area contributed by atoms with E-state index in [1.165, 1.54) is 22.7 Å². The van der Waals surface area contributed by atoms with Gasteiger partial charge in [0.15, 0.2) is 5.82 Å². The Hall–Kier alpha value is -3.22. The molecule has 40 heavy (non-hydrogen) atoms. The number of amides is 1. The highest BCUT2D eigenvalue weighted by atomic mass is 32.2. The third-order valence-corrected chi connectivity index (χ3v) is 8.53. The van der Waals surface area contributed by atoms with E-state index in [1.54, 1.807) is 18.3 Å². The number of carbonyl (C=O) groups excluding carboxylic acids is 1. The second-order valence-electron chi connectivity index (χ2n) is 11.8. The first kappa shape index (κ1) is 28.3. The first-order chi connectivity index (χ1) is 18.7. The lowest BCUT2D eigenvalue weighted by atomic mass is 9.93. The molecule has 1 saturated heterocycles. The lowest BCUT2D eigenvalue weighted by molar-refractivity contribution is -0.219. The first-order valence-corrected chi connectivity index (χ1v) is 14.1. The summed E-state index contributed by atoms with van der Waals surface area (Å²) in [4.78, 5) is 21.4. The molecule has 2 aliphatic rings. The van der Waals surface area contributed by atoms with Crippen LogP contribution in [0, 0.1) is 18.3 Å². The van der Waals surface area contributed by atoms with Crippen LogP contribution in [0.2, 0.25) is 0 Å². The van der Waals surface area contributed by atoms with Gasteiger partial charge < -0.3 is 9.64 Å². The summed E-state index contributed by atoms with van der Waals surface area (Å²) in [7, 11) is 0. The van der Waals surface area contributed by atoms with Crippen LogP contribution in [0.4, 0.5) is 19.0 Å². The number of aryl methyl sites for hydroxylation is 2. The number of nitrogens with one attached hydrogen (secondary N) is 1. The predicted octanol–water partition coefficient (Wildman–Crippen LogP) is 5.58. The van der Waals surface area contributed by atoms with Gasteiger partial charge in [-0.2, -0.15) is 18.3 Å². The van der Waals surface area contributed by atoms with Gasteiger partial charge in [-0.15, -0.1) is 5.10 Å². The topological polar surface area (TPSA) is 90.1 Å². The zero-order valence-electron chi connectivity index (χ0n) is 23.2. The highest BCUT2D eigenvalue weighted by molar-refractivity contribution is 7.98. The number of aromatic nitrogens is 5. The van der Waals surface area contributed by atoms with Crippen molar-refractivity contribution in [2.24, 2.45) is 11.3 Å². The number of anilines is 1. The predicted molar refractivity (Wildman–Crippen MR) is 146 cm³/mol. The molecular weight excluding hydrogens is 543 g/mol. The largest absolute Gasteiger partial charge is 0.476 e. The standard InChI is InChI=1S/C27H34F3N7O2S/c1-17-20-15-35(32-17)11-6-7-18-13-26(4,5)36(14-18)23-19(24(38)34-40-20)8-9-21(31-23)37-12-10-22(33-37)39-16-25(2,3)27(28,29)30/h8-10,12,15,18H,6-7,11,13-14,16H2,1-5H3,(H,34,38). The number of halogens is 3. The van der Waals surface area contributed by atoms with Gasteiger partial charge in [-0.3, -0.25) is 14.2 Å². The third kappa shape index (κ3) is 5.65. The SMILES string of the molecule is Cc1nn2cc1SNC(=O)c1ccc(-n3ccc(OCC(C)(C)C(F)(F)F)n3)nc1N1CC(CCC2)CC1(C)C. The lowest BCUT2D eigenvalue weighted by Crippen LogP contribution is -2.40. The van der Waals surface area contributed by atoms with Gasteiger partial charge >= 0.3 is 6.18 Å². The van der Waals surface area contributed by atoms with E-state index in [4.69, 9.17) is 9.72 Å². The van der Waals surface area contributed by atoms with Crippen molar-refractivity contribution in [2.75, 3.05) is 18.1 Å². The quantitative estimate of drug-likeness (QED) is 0.405. The smallest absolute Gasteiger partial charge is 0.397 e. The number of rotatable bonds is 4. The Balaban J connectivity index is 1.46. The van der Waals surface area contributed by atoms with Crippen molar-refractivity contribution in [3.63, 3.8) is 0 Å². The number of fused-ring (bicyclic) bond motifs is 6. The maximum atomic E-state index is 13.4. The molecule has 1 unspecified atom stereocenters. The molecule has 1 fully saturated rings. The Labute approximate surface area is 235 Å². The second-order valence-corrected chi connectivity index (χ2v) is 12.7. The highest BCUT2D eigenvalue weighted by Gasteiger charge is 2.48. The number of ether oxygens (including phenoxy) is 1. The Bertz CT molecular complexity index is 1400. The van der Waals surface area contributed by atoms with Crippen LogP contribution in [0.3, 0.4) is 0 Å². The molecule has 0 aromatic carbocycles. The first-order valence-electron chi connectivity index (χ1n) is 13.3. The van der Waals surface area contributed by atoms with Crippen molar-refractivity contribution in [3.05, 3.63) is 41.9 Å². The lowest BCUT2D eigenvalue weighted by Gasteiger charge is -2.34. The molecule has 9 nitrogen and oxygen atoms in total. The average Bonchev–Trinajstić information content (AvgIpc) is 3.56. The summed E-state index contributed by atoms with van der Waals surface area (Å²) in [6.07, 6.45) is 2.12. The number of alkyl halides is 3. The second kappa shape index (κ2) is 10.3. The molecule has 1 amide bonds. The number of carbonyl (C=O) groups is 1. The Morgan fingerprint density at radius 1 is 1.20 bits per heavy atom. The molecule has 216 valence electrons. The number of nitrogens with zero attached hydrogens (tertiary/aromatic N) is 6. The minimum atomic E-state index is -4.40. The van der Waals surface area contributed by atoms with Gasteiger partial charge in [0.2, 0.25) is 5.88 Å². The van der Waals surface area contributed by atoms with E-state index in [1.807, 2.05) is 17.8 Å². The van der Waals surface area contributed by atoms with E-state index in [2.05, 4.69) is 33.7 Å². The molecule has 0 radical (unpaired) electrons. The molecule has 4 bridgehead atoms. The number of hydrogen-bond donors (Lipinski definition) is 1. The molecule has 3 aromatic heterocycles. The molecule has 0 saturated carbocycles. The van der Waals surface area contributed by atoms with Crippen LogP contribution in [0.5, 0.6) is 5.88 Å². The molecule has 1 N–H and O–H groups in total. The molecule has 5 heterocycles. The van der Waals surface area contributed by atoms with Gasteiger partial charge in [-0.1, -0.05) is 0 Å². The molecule has 0 spiro atoms. The van der Waals surface area contributed by atoms with Crippen molar-refractivity contribution in [1.29, 1.82) is 0 Å². The number of hydrogen-bond acceptors (Lipinski definition) is 7. The molecular formula is C27H34F3N7O2S. The number of pyridine rings is 1. The maximum absolute atomic E-state index is 13.4. The van der Waals surface area contributed by atoms with Crippen LogP contribution in [-0.4, -0.2) is 55.3 Å². The summed E-state index contributed by atoms with van der Waals surface area (Å²) < 4.78 is 51.4. The molecule has 1 atom stereocenters. The van der Waals surface area contributed by atoms with Crippen LogP contribution < -0.4 is 14.4 Å². The monoisotopic (exact) mass is 577 g/mol. The molecule has 5 rings (SSSR count). The summed E-state index contributed by atoms with van der Waals surface area (Å²) in [6, 6.07) is 4.89. The van der Waals surface area contributed by atoms with Crippen LogP contribution in [-0.2, 0) is 6.54 Å². The van der Waals surface area contributed by atoms with Crippen molar-refractivity contribution in [3.8, 4) is 11.7 Å². The van der Waals surface area contributed by atoms with Crippen molar-refractivity contribution >= 4 is 23.7 Å². The average molecular weight is 578 g/mol. The fourth-order valence-electron chi connectivity index (χ4n) is 5.16. The summed E-state index contributed by atoms with van der Waals surface area (Å²) in [5, 5.41) is 8.90. The molecule has 13 heteroatoms. The van der Waals surface area contributed by atoms with E-state index < -0.39 is 18.2 Å². The zero-order chi connectivity index (χ0) is 28.9. The fourth-order valence-corrected chi connectivity index (χ4v) is 5.84. The van der Waals surface area contributed by atoms with Gasteiger partial charge in [0.05, 0.1) is 21.6 Å². The van der Waals surface area contributed by atoms with E-state index in [9.17, 15) is 18.0 Å². The van der Waals surface area contributed by atoms with Crippen LogP contribution in [0.15, 0.2) is 35.5 Å². The third-order valence-electron chi connectivity index (χ3n) is 7.62. The van der Waals surface area contributed by atoms with Gasteiger partial charge in [-0.25, -0.2) is 9.67 Å². The normalized spacial score (nSPS) is 19.6. The van der Waals surface area contributed by atoms with Crippen LogP contribution >= 0.6 is 11.9 Å².